The van der Waals surface area contributed by atoms with Crippen LogP contribution >= 0.6 is 0 Å². The molecule has 0 unspecified atom stereocenters. The van der Waals surface area contributed by atoms with Crippen LogP contribution in [0.1, 0.15) is 0 Å². The van der Waals surface area contributed by atoms with Gasteiger partial charge < -0.3 is 10.8 Å². The van der Waals surface area contributed by atoms with Crippen molar-refractivity contribution >= 4 is 5.97 Å². The van der Waals surface area contributed by atoms with E-state index in [4.69, 9.17) is 15.6 Å². The lowest BCUT2D eigenvalue weighted by Gasteiger charge is -2.00. The van der Waals surface area contributed by atoms with Crippen molar-refractivity contribution in [2.45, 2.75) is 12.7 Å². The van der Waals surface area contributed by atoms with Crippen LogP contribution in [0.5, 0.6) is 0 Å². The number of aromatic nitrogens is 3. The zero-order chi connectivity index (χ0) is 15.9. The molecule has 0 aliphatic heterocycles. The minimum atomic E-state index is -5.08. The van der Waals surface area contributed by atoms with Crippen molar-refractivity contribution in [3.05, 3.63) is 28.5 Å². The minimum absolute atomic E-state index is 0.277. The first kappa shape index (κ1) is 17.8. The molecule has 0 spiro atoms. The highest BCUT2D eigenvalue weighted by atomic mass is 19.4. The van der Waals surface area contributed by atoms with Crippen LogP contribution in [0.4, 0.5) is 22.0 Å². The maximum absolute atomic E-state index is 12.1. The highest BCUT2D eigenvalue weighted by Gasteiger charge is 2.38. The molecule has 0 radical (unpaired) electrons. The normalized spacial score (nSPS) is 10.5. The van der Waals surface area contributed by atoms with E-state index in [9.17, 15) is 26.7 Å². The second kappa shape index (κ2) is 7.37. The van der Waals surface area contributed by atoms with Crippen molar-refractivity contribution in [1.29, 1.82) is 0 Å². The van der Waals surface area contributed by atoms with Crippen molar-refractivity contribution in [2.24, 2.45) is 5.73 Å². The van der Waals surface area contributed by atoms with E-state index >= 15 is 0 Å². The molecule has 0 atom stereocenters. The summed E-state index contributed by atoms with van der Waals surface area (Å²) in [7, 11) is 0. The number of carbonyl (C=O) groups is 1. The van der Waals surface area contributed by atoms with Crippen LogP contribution in [0.3, 0.4) is 0 Å². The molecule has 12 heteroatoms. The van der Waals surface area contributed by atoms with Crippen LogP contribution < -0.4 is 11.4 Å². The van der Waals surface area contributed by atoms with Gasteiger partial charge in [0.2, 0.25) is 0 Å². The molecule has 0 aliphatic carbocycles. The molecule has 1 aromatic heterocycles. The number of H-pyrrole nitrogens is 1. The summed E-state index contributed by atoms with van der Waals surface area (Å²) in [6.07, 6.45) is -5.82. The summed E-state index contributed by atoms with van der Waals surface area (Å²) in [6.45, 7) is -0.567. The molecular weight excluding hydrogens is 295 g/mol. The third-order valence-corrected chi connectivity index (χ3v) is 1.72. The monoisotopic (exact) mass is 304 g/mol. The molecule has 0 fully saturated rings. The van der Waals surface area contributed by atoms with Gasteiger partial charge in [-0.05, 0) is 0 Å². The van der Waals surface area contributed by atoms with Crippen LogP contribution in [0.25, 0.3) is 0 Å². The summed E-state index contributed by atoms with van der Waals surface area (Å²) in [4.78, 5) is 22.0. The van der Waals surface area contributed by atoms with Crippen molar-refractivity contribution in [2.75, 3.05) is 6.54 Å². The van der Waals surface area contributed by atoms with Crippen LogP contribution in [0.2, 0.25) is 0 Å². The highest BCUT2D eigenvalue weighted by molar-refractivity contribution is 5.73. The molecular formula is C8H9F5N4O3. The lowest BCUT2D eigenvalue weighted by atomic mass is 10.3. The minimum Gasteiger partial charge on any atom is -0.475 e. The third-order valence-electron chi connectivity index (χ3n) is 1.72. The molecule has 20 heavy (non-hydrogen) atoms. The molecule has 0 aromatic carbocycles. The molecule has 114 valence electrons. The van der Waals surface area contributed by atoms with Crippen molar-refractivity contribution in [3.8, 4) is 0 Å². The van der Waals surface area contributed by atoms with Crippen LogP contribution in [-0.4, -0.2) is 38.6 Å². The lowest BCUT2D eigenvalue weighted by molar-refractivity contribution is -0.192. The average molecular weight is 304 g/mol. The van der Waals surface area contributed by atoms with E-state index in [1.165, 1.54) is 0 Å². The van der Waals surface area contributed by atoms with Gasteiger partial charge in [-0.25, -0.2) is 14.3 Å². The smallest absolute Gasteiger partial charge is 0.475 e. The van der Waals surface area contributed by atoms with Gasteiger partial charge in [-0.3, -0.25) is 4.98 Å². The Balaban J connectivity index is 0.000000441. The SMILES string of the molecule is NCC(Cn1nc[nH]c1=O)=C(F)F.O=C(O)C(F)(F)F. The van der Waals surface area contributed by atoms with Crippen LogP contribution in [0.15, 0.2) is 22.8 Å². The molecule has 0 aliphatic rings. The van der Waals surface area contributed by atoms with E-state index in [0.29, 0.717) is 0 Å². The number of hydrogen-bond acceptors (Lipinski definition) is 4. The Hall–Kier alpha value is -2.24. The number of nitrogens with zero attached hydrogens (tertiary/aromatic N) is 2. The molecule has 0 amide bonds. The number of alkyl halides is 3. The van der Waals surface area contributed by atoms with Gasteiger partial charge in [-0.15, -0.1) is 0 Å². The van der Waals surface area contributed by atoms with E-state index < -0.39 is 23.9 Å². The molecule has 7 nitrogen and oxygen atoms in total. The zero-order valence-electron chi connectivity index (χ0n) is 9.62. The number of rotatable bonds is 3. The molecule has 4 N–H and O–H groups in total. The van der Waals surface area contributed by atoms with Crippen LogP contribution in [0, 0.1) is 0 Å². The topological polar surface area (TPSA) is 114 Å². The Morgan fingerprint density at radius 2 is 1.95 bits per heavy atom. The van der Waals surface area contributed by atoms with E-state index in [-0.39, 0.29) is 18.7 Å². The first-order valence-electron chi connectivity index (χ1n) is 4.73. The number of aromatic amines is 1. The van der Waals surface area contributed by atoms with E-state index in [0.717, 1.165) is 11.0 Å². The molecule has 0 saturated heterocycles. The molecule has 0 saturated carbocycles. The first-order valence-corrected chi connectivity index (χ1v) is 4.73. The maximum Gasteiger partial charge on any atom is 0.490 e. The number of halogens is 5. The second-order valence-electron chi connectivity index (χ2n) is 3.12. The quantitative estimate of drug-likeness (QED) is 0.696. The average Bonchev–Trinajstić information content (AvgIpc) is 2.70. The van der Waals surface area contributed by atoms with Crippen molar-refractivity contribution < 1.29 is 31.9 Å². The fraction of sp³-hybridized carbons (Fsp3) is 0.375. The molecule has 1 heterocycles. The second-order valence-corrected chi connectivity index (χ2v) is 3.12. The van der Waals surface area contributed by atoms with E-state index in [1.54, 1.807) is 0 Å². The Labute approximate surface area is 107 Å². The van der Waals surface area contributed by atoms with Crippen molar-refractivity contribution in [3.63, 3.8) is 0 Å². The standard InChI is InChI=1S/C6H8F2N4O.C2HF3O2/c7-5(8)4(1-9)2-12-6(13)10-3-11-12;3-2(4,5)1(6)7/h3H,1-2,9H2,(H,10,11,13);(H,6,7). The zero-order valence-corrected chi connectivity index (χ0v) is 9.62. The lowest BCUT2D eigenvalue weighted by Crippen LogP contribution is -2.22. The van der Waals surface area contributed by atoms with Gasteiger partial charge in [0.05, 0.1) is 6.54 Å². The first-order chi connectivity index (χ1) is 9.09. The van der Waals surface area contributed by atoms with Gasteiger partial charge in [0, 0.05) is 12.1 Å². The molecule has 1 rings (SSSR count). The van der Waals surface area contributed by atoms with Crippen molar-refractivity contribution in [1.82, 2.24) is 14.8 Å². The number of nitrogens with two attached hydrogens (primary N) is 1. The van der Waals surface area contributed by atoms with Gasteiger partial charge in [0.1, 0.15) is 6.33 Å². The largest absolute Gasteiger partial charge is 0.490 e. The van der Waals surface area contributed by atoms with Gasteiger partial charge in [-0.2, -0.15) is 27.1 Å². The number of hydrogen-bond donors (Lipinski definition) is 3. The Bertz CT molecular complexity index is 529. The summed E-state index contributed by atoms with van der Waals surface area (Å²) in [6, 6.07) is 0. The number of carboxylic acid groups (broad SMARTS) is 1. The van der Waals surface area contributed by atoms with E-state index in [1.807, 2.05) is 0 Å². The Morgan fingerprint density at radius 3 is 2.20 bits per heavy atom. The van der Waals surface area contributed by atoms with E-state index in [2.05, 4.69) is 10.1 Å². The fourth-order valence-electron chi connectivity index (χ4n) is 0.776. The Kier molecular flexibility index (Phi) is 6.55. The third kappa shape index (κ3) is 6.08. The fourth-order valence-corrected chi connectivity index (χ4v) is 0.776. The number of nitrogens with one attached hydrogen (secondary N) is 1. The summed E-state index contributed by atoms with van der Waals surface area (Å²) >= 11 is 0. The van der Waals surface area contributed by atoms with Crippen LogP contribution in [-0.2, 0) is 11.3 Å². The maximum atomic E-state index is 12.1. The molecule has 0 bridgehead atoms. The van der Waals surface area contributed by atoms with Gasteiger partial charge in [0.15, 0.2) is 0 Å². The summed E-state index contributed by atoms with van der Waals surface area (Å²) in [5.41, 5.74) is 4.22. The predicted octanol–water partition coefficient (Wildman–Crippen LogP) is 0.314. The highest BCUT2D eigenvalue weighted by Crippen LogP contribution is 2.13. The van der Waals surface area contributed by atoms with Gasteiger partial charge in [-0.1, -0.05) is 0 Å². The summed E-state index contributed by atoms with van der Waals surface area (Å²) in [5, 5.41) is 10.6. The number of carboxylic acids is 1. The van der Waals surface area contributed by atoms with Gasteiger partial charge in [0.25, 0.3) is 6.08 Å². The van der Waals surface area contributed by atoms with Gasteiger partial charge >= 0.3 is 17.8 Å². The predicted molar refractivity (Wildman–Crippen MR) is 54.8 cm³/mol. The number of aliphatic carboxylic acids is 1. The summed E-state index contributed by atoms with van der Waals surface area (Å²) < 4.78 is 56.8. The summed E-state index contributed by atoms with van der Waals surface area (Å²) in [5.74, 6) is -2.76. The molecule has 1 aromatic rings. The Morgan fingerprint density at radius 1 is 1.45 bits per heavy atom.